The van der Waals surface area contributed by atoms with Gasteiger partial charge in [0.2, 0.25) is 5.91 Å². The van der Waals surface area contributed by atoms with Crippen LogP contribution in [0.2, 0.25) is 0 Å². The van der Waals surface area contributed by atoms with Crippen LogP contribution in [0.15, 0.2) is 47.1 Å². The molecule has 1 saturated heterocycles. The molecule has 0 saturated carbocycles. The van der Waals surface area contributed by atoms with Crippen LogP contribution in [0.1, 0.15) is 52.0 Å². The molecule has 0 spiro atoms. The standard InChI is InChI=1S/C28H28N2O4S/c31-24(14-18-16-34-22-12-11-17-6-1-2-8-20(17)25(18)22)30-28-26(21-9-3-4-10-23(21)35-28)27(32)29-15-19-7-5-13-33-19/h1-2,6,8,11-12,16,19H,3-5,7,9-10,13-15H2,(H,29,32)(H,30,31). The fourth-order valence-corrected chi connectivity index (χ4v) is 6.65. The van der Waals surface area contributed by atoms with Gasteiger partial charge in [-0.1, -0.05) is 30.3 Å². The molecule has 180 valence electrons. The van der Waals surface area contributed by atoms with Crippen LogP contribution < -0.4 is 10.6 Å². The molecule has 1 atom stereocenters. The Bertz CT molecular complexity index is 1410. The minimum absolute atomic E-state index is 0.0793. The zero-order valence-corrected chi connectivity index (χ0v) is 20.3. The number of furan rings is 1. The van der Waals surface area contributed by atoms with E-state index in [4.69, 9.17) is 9.15 Å². The number of thiophene rings is 1. The SMILES string of the molecule is O=C(Cc1coc2ccc3ccccc3c12)Nc1sc2c(c1C(=O)NCC1CCCO1)CCCC2. The zero-order chi connectivity index (χ0) is 23.8. The number of rotatable bonds is 6. The highest BCUT2D eigenvalue weighted by atomic mass is 32.1. The summed E-state index contributed by atoms with van der Waals surface area (Å²) in [6.07, 6.45) is 7.96. The highest BCUT2D eigenvalue weighted by Gasteiger charge is 2.27. The molecule has 3 heterocycles. The Morgan fingerprint density at radius 1 is 1.06 bits per heavy atom. The van der Waals surface area contributed by atoms with Crippen LogP contribution in [0.4, 0.5) is 5.00 Å². The number of anilines is 1. The number of fused-ring (bicyclic) bond motifs is 4. The van der Waals surface area contributed by atoms with E-state index in [0.29, 0.717) is 17.1 Å². The van der Waals surface area contributed by atoms with Crippen molar-refractivity contribution in [2.45, 2.75) is 51.0 Å². The normalized spacial score (nSPS) is 17.5. The first kappa shape index (κ1) is 22.3. The number of aryl methyl sites for hydroxylation is 1. The first-order chi connectivity index (χ1) is 17.2. The molecule has 0 radical (unpaired) electrons. The van der Waals surface area contributed by atoms with Crippen molar-refractivity contribution < 1.29 is 18.7 Å². The topological polar surface area (TPSA) is 80.6 Å². The zero-order valence-electron chi connectivity index (χ0n) is 19.5. The van der Waals surface area contributed by atoms with Gasteiger partial charge in [-0.3, -0.25) is 9.59 Å². The molecule has 4 aromatic rings. The summed E-state index contributed by atoms with van der Waals surface area (Å²) in [5.41, 5.74) is 3.35. The third kappa shape index (κ3) is 4.34. The molecule has 2 amide bonds. The number of amides is 2. The molecule has 2 aromatic heterocycles. The summed E-state index contributed by atoms with van der Waals surface area (Å²) in [4.78, 5) is 27.7. The monoisotopic (exact) mass is 488 g/mol. The molecule has 1 aliphatic carbocycles. The van der Waals surface area contributed by atoms with Gasteiger partial charge in [-0.25, -0.2) is 0 Å². The van der Waals surface area contributed by atoms with Gasteiger partial charge in [-0.05, 0) is 60.9 Å². The van der Waals surface area contributed by atoms with E-state index in [1.54, 1.807) is 17.6 Å². The number of ether oxygens (including phenoxy) is 1. The lowest BCUT2D eigenvalue weighted by atomic mass is 9.95. The second-order valence-corrected chi connectivity index (χ2v) is 10.5. The molecule has 1 fully saturated rings. The van der Waals surface area contributed by atoms with E-state index in [9.17, 15) is 9.59 Å². The average Bonchev–Trinajstić information content (AvgIpc) is 3.61. The third-order valence-corrected chi connectivity index (χ3v) is 8.26. The molecule has 6 nitrogen and oxygen atoms in total. The van der Waals surface area contributed by atoms with Crippen LogP contribution in [-0.2, 0) is 28.8 Å². The van der Waals surface area contributed by atoms with Gasteiger partial charge in [0.25, 0.3) is 5.91 Å². The van der Waals surface area contributed by atoms with E-state index in [1.165, 1.54) is 4.88 Å². The van der Waals surface area contributed by atoms with Gasteiger partial charge in [0.05, 0.1) is 24.4 Å². The van der Waals surface area contributed by atoms with E-state index in [0.717, 1.165) is 78.0 Å². The van der Waals surface area contributed by atoms with Gasteiger partial charge in [-0.15, -0.1) is 11.3 Å². The van der Waals surface area contributed by atoms with Crippen molar-refractivity contribution in [3.8, 4) is 0 Å². The highest BCUT2D eigenvalue weighted by Crippen LogP contribution is 2.38. The van der Waals surface area contributed by atoms with Gasteiger partial charge >= 0.3 is 0 Å². The first-order valence-electron chi connectivity index (χ1n) is 12.4. The Kier molecular flexibility index (Phi) is 6.04. The van der Waals surface area contributed by atoms with Crippen molar-refractivity contribution in [2.24, 2.45) is 0 Å². The Hall–Kier alpha value is -3.16. The molecule has 1 aliphatic heterocycles. The lowest BCUT2D eigenvalue weighted by molar-refractivity contribution is -0.115. The summed E-state index contributed by atoms with van der Waals surface area (Å²) in [6, 6.07) is 12.1. The first-order valence-corrected chi connectivity index (χ1v) is 13.2. The molecular formula is C28H28N2O4S. The van der Waals surface area contributed by atoms with Gasteiger partial charge in [0, 0.05) is 29.0 Å². The molecule has 1 unspecified atom stereocenters. The molecule has 2 aromatic carbocycles. The predicted octanol–water partition coefficient (Wildman–Crippen LogP) is 5.62. The van der Waals surface area contributed by atoms with Crippen molar-refractivity contribution in [3.63, 3.8) is 0 Å². The maximum absolute atomic E-state index is 13.2. The molecule has 6 rings (SSSR count). The van der Waals surface area contributed by atoms with Crippen LogP contribution in [0.5, 0.6) is 0 Å². The van der Waals surface area contributed by atoms with E-state index >= 15 is 0 Å². The summed E-state index contributed by atoms with van der Waals surface area (Å²) < 4.78 is 11.4. The third-order valence-electron chi connectivity index (χ3n) is 7.06. The van der Waals surface area contributed by atoms with E-state index < -0.39 is 0 Å². The van der Waals surface area contributed by atoms with Gasteiger partial charge in [-0.2, -0.15) is 0 Å². The highest BCUT2D eigenvalue weighted by molar-refractivity contribution is 7.17. The van der Waals surface area contributed by atoms with Crippen molar-refractivity contribution in [2.75, 3.05) is 18.5 Å². The minimum Gasteiger partial charge on any atom is -0.464 e. The van der Waals surface area contributed by atoms with Gasteiger partial charge in [0.15, 0.2) is 0 Å². The fraction of sp³-hybridized carbons (Fsp3) is 0.357. The maximum Gasteiger partial charge on any atom is 0.254 e. The van der Waals surface area contributed by atoms with Gasteiger partial charge in [0.1, 0.15) is 10.6 Å². The van der Waals surface area contributed by atoms with Crippen LogP contribution >= 0.6 is 11.3 Å². The molecule has 0 bridgehead atoms. The lowest BCUT2D eigenvalue weighted by Gasteiger charge is -2.15. The second-order valence-electron chi connectivity index (χ2n) is 9.41. The van der Waals surface area contributed by atoms with E-state index in [1.807, 2.05) is 24.3 Å². The molecule has 7 heteroatoms. The number of hydrogen-bond acceptors (Lipinski definition) is 5. The van der Waals surface area contributed by atoms with Crippen LogP contribution in [0.3, 0.4) is 0 Å². The van der Waals surface area contributed by atoms with Crippen molar-refractivity contribution in [1.29, 1.82) is 0 Å². The predicted molar refractivity (Wildman–Crippen MR) is 138 cm³/mol. The average molecular weight is 489 g/mol. The molecule has 2 N–H and O–H groups in total. The number of carbonyl (C=O) groups is 2. The van der Waals surface area contributed by atoms with E-state index in [-0.39, 0.29) is 24.3 Å². The molecular weight excluding hydrogens is 460 g/mol. The second kappa shape index (κ2) is 9.47. The van der Waals surface area contributed by atoms with Crippen molar-refractivity contribution in [1.82, 2.24) is 5.32 Å². The van der Waals surface area contributed by atoms with Gasteiger partial charge < -0.3 is 19.8 Å². The number of nitrogens with one attached hydrogen (secondary N) is 2. The minimum atomic E-state index is -0.146. The Balaban J connectivity index is 1.25. The van der Waals surface area contributed by atoms with Crippen LogP contribution in [0.25, 0.3) is 21.7 Å². The molecule has 35 heavy (non-hydrogen) atoms. The number of carbonyl (C=O) groups excluding carboxylic acids is 2. The number of hydrogen-bond donors (Lipinski definition) is 2. The van der Waals surface area contributed by atoms with Crippen LogP contribution in [-0.4, -0.2) is 31.1 Å². The largest absolute Gasteiger partial charge is 0.464 e. The number of benzene rings is 2. The molecule has 2 aliphatic rings. The Morgan fingerprint density at radius 2 is 1.94 bits per heavy atom. The fourth-order valence-electron chi connectivity index (χ4n) is 5.34. The quantitative estimate of drug-likeness (QED) is 0.369. The maximum atomic E-state index is 13.2. The lowest BCUT2D eigenvalue weighted by Crippen LogP contribution is -2.32. The summed E-state index contributed by atoms with van der Waals surface area (Å²) in [6.45, 7) is 1.26. The Morgan fingerprint density at radius 3 is 2.83 bits per heavy atom. The smallest absolute Gasteiger partial charge is 0.254 e. The summed E-state index contributed by atoms with van der Waals surface area (Å²) in [5, 5.41) is 9.94. The van der Waals surface area contributed by atoms with Crippen LogP contribution in [0, 0.1) is 0 Å². The summed E-state index contributed by atoms with van der Waals surface area (Å²) in [7, 11) is 0. The van der Waals surface area contributed by atoms with Crippen molar-refractivity contribution >= 4 is 49.9 Å². The summed E-state index contributed by atoms with van der Waals surface area (Å²) >= 11 is 1.55. The summed E-state index contributed by atoms with van der Waals surface area (Å²) in [5.74, 6) is -0.262. The Labute approximate surface area is 207 Å². The van der Waals surface area contributed by atoms with E-state index in [2.05, 4.69) is 22.8 Å². The van der Waals surface area contributed by atoms with Crippen molar-refractivity contribution in [3.05, 3.63) is 64.2 Å².